The number of hydrogen-bond acceptors (Lipinski definition) is 5. The Bertz CT molecular complexity index is 480. The Hall–Kier alpha value is -1.36. The molecule has 0 radical (unpaired) electrons. The molecule has 1 aliphatic carbocycles. The third kappa shape index (κ3) is 4.30. The van der Waals surface area contributed by atoms with Crippen molar-refractivity contribution >= 4 is 11.6 Å². The molecule has 21 heavy (non-hydrogen) atoms. The molecular formula is C16H29N5. The van der Waals surface area contributed by atoms with Crippen LogP contribution in [0.5, 0.6) is 0 Å². The predicted molar refractivity (Wildman–Crippen MR) is 88.8 cm³/mol. The lowest BCUT2D eigenvalue weighted by Gasteiger charge is -2.29. The summed E-state index contributed by atoms with van der Waals surface area (Å²) in [6.45, 7) is 9.48. The van der Waals surface area contributed by atoms with E-state index >= 15 is 0 Å². The van der Waals surface area contributed by atoms with Crippen molar-refractivity contribution in [3.8, 4) is 0 Å². The van der Waals surface area contributed by atoms with Gasteiger partial charge in [-0.1, -0.05) is 13.8 Å². The fourth-order valence-corrected chi connectivity index (χ4v) is 2.42. The number of rotatable bonds is 7. The average molecular weight is 291 g/mol. The number of nitrogens with zero attached hydrogens (tertiary/aromatic N) is 4. The summed E-state index contributed by atoms with van der Waals surface area (Å²) >= 11 is 0. The number of aromatic nitrogens is 2. The second-order valence-electron chi connectivity index (χ2n) is 6.83. The third-order valence-electron chi connectivity index (χ3n) is 3.82. The van der Waals surface area contributed by atoms with E-state index in [9.17, 15) is 0 Å². The third-order valence-corrected chi connectivity index (χ3v) is 3.82. The summed E-state index contributed by atoms with van der Waals surface area (Å²) in [7, 11) is 4.20. The highest BCUT2D eigenvalue weighted by Gasteiger charge is 2.28. The Balaban J connectivity index is 2.28. The minimum atomic E-state index is 0.529. The number of anilines is 2. The fourth-order valence-electron chi connectivity index (χ4n) is 2.42. The van der Waals surface area contributed by atoms with Gasteiger partial charge < -0.3 is 15.5 Å². The van der Waals surface area contributed by atoms with E-state index in [2.05, 4.69) is 42.7 Å². The van der Waals surface area contributed by atoms with Crippen LogP contribution in [-0.4, -0.2) is 48.6 Å². The summed E-state index contributed by atoms with van der Waals surface area (Å²) in [5.41, 5.74) is 7.14. The van der Waals surface area contributed by atoms with Crippen LogP contribution in [0.15, 0.2) is 0 Å². The molecule has 1 fully saturated rings. The lowest BCUT2D eigenvalue weighted by molar-refractivity contribution is 0.408. The van der Waals surface area contributed by atoms with Crippen molar-refractivity contribution in [1.29, 1.82) is 0 Å². The second-order valence-corrected chi connectivity index (χ2v) is 6.83. The SMILES string of the molecule is Cc1c(N)nc(C2CC2)nc1N(CCN(C)C)CC(C)C. The summed E-state index contributed by atoms with van der Waals surface area (Å²) in [5.74, 6) is 3.72. The predicted octanol–water partition coefficient (Wildman–Crippen LogP) is 2.27. The molecule has 0 saturated heterocycles. The lowest BCUT2D eigenvalue weighted by Crippen LogP contribution is -2.35. The molecule has 0 aliphatic heterocycles. The van der Waals surface area contributed by atoms with Crippen molar-refractivity contribution in [2.45, 2.75) is 39.5 Å². The van der Waals surface area contributed by atoms with Crippen LogP contribution in [0.25, 0.3) is 0 Å². The lowest BCUT2D eigenvalue weighted by atomic mass is 10.2. The highest BCUT2D eigenvalue weighted by Crippen LogP contribution is 2.39. The van der Waals surface area contributed by atoms with Gasteiger partial charge in [0.2, 0.25) is 0 Å². The summed E-state index contributed by atoms with van der Waals surface area (Å²) in [6.07, 6.45) is 2.40. The van der Waals surface area contributed by atoms with Gasteiger partial charge in [-0.05, 0) is 39.8 Å². The van der Waals surface area contributed by atoms with E-state index in [1.165, 1.54) is 12.8 Å². The molecule has 118 valence electrons. The van der Waals surface area contributed by atoms with Crippen molar-refractivity contribution in [1.82, 2.24) is 14.9 Å². The van der Waals surface area contributed by atoms with Gasteiger partial charge in [0.25, 0.3) is 0 Å². The Morgan fingerprint density at radius 2 is 1.86 bits per heavy atom. The van der Waals surface area contributed by atoms with E-state index in [1.807, 2.05) is 6.92 Å². The van der Waals surface area contributed by atoms with E-state index in [0.29, 0.717) is 17.7 Å². The van der Waals surface area contributed by atoms with Crippen LogP contribution >= 0.6 is 0 Å². The van der Waals surface area contributed by atoms with E-state index in [-0.39, 0.29) is 0 Å². The van der Waals surface area contributed by atoms with Gasteiger partial charge in [-0.15, -0.1) is 0 Å². The van der Waals surface area contributed by atoms with Crippen molar-refractivity contribution in [2.24, 2.45) is 5.92 Å². The van der Waals surface area contributed by atoms with Crippen LogP contribution in [0.3, 0.4) is 0 Å². The molecular weight excluding hydrogens is 262 g/mol. The molecule has 5 nitrogen and oxygen atoms in total. The molecule has 0 aromatic carbocycles. The highest BCUT2D eigenvalue weighted by atomic mass is 15.2. The van der Waals surface area contributed by atoms with Crippen LogP contribution in [0, 0.1) is 12.8 Å². The Labute approximate surface area is 128 Å². The molecule has 0 atom stereocenters. The molecule has 1 aromatic heterocycles. The molecule has 2 rings (SSSR count). The molecule has 0 unspecified atom stereocenters. The van der Waals surface area contributed by atoms with Gasteiger partial charge in [0, 0.05) is 31.1 Å². The van der Waals surface area contributed by atoms with Gasteiger partial charge >= 0.3 is 0 Å². The minimum absolute atomic E-state index is 0.529. The average Bonchev–Trinajstić information content (AvgIpc) is 3.21. The van der Waals surface area contributed by atoms with Gasteiger partial charge in [-0.2, -0.15) is 0 Å². The zero-order valence-corrected chi connectivity index (χ0v) is 14.1. The molecule has 0 bridgehead atoms. The second kappa shape index (κ2) is 6.60. The van der Waals surface area contributed by atoms with Crippen LogP contribution in [0.4, 0.5) is 11.6 Å². The Morgan fingerprint density at radius 1 is 1.19 bits per heavy atom. The molecule has 0 spiro atoms. The first-order chi connectivity index (χ1) is 9.88. The summed E-state index contributed by atoms with van der Waals surface area (Å²) < 4.78 is 0. The van der Waals surface area contributed by atoms with Crippen molar-refractivity contribution < 1.29 is 0 Å². The van der Waals surface area contributed by atoms with Crippen LogP contribution in [0.1, 0.15) is 44.0 Å². The first-order valence-electron chi connectivity index (χ1n) is 7.92. The van der Waals surface area contributed by atoms with E-state index in [0.717, 1.165) is 36.8 Å². The summed E-state index contributed by atoms with van der Waals surface area (Å²) in [4.78, 5) is 13.9. The molecule has 1 aliphatic rings. The monoisotopic (exact) mass is 291 g/mol. The topological polar surface area (TPSA) is 58.3 Å². The Morgan fingerprint density at radius 3 is 2.38 bits per heavy atom. The molecule has 1 heterocycles. The van der Waals surface area contributed by atoms with E-state index in [1.54, 1.807) is 0 Å². The van der Waals surface area contributed by atoms with Gasteiger partial charge in [0.05, 0.1) is 0 Å². The minimum Gasteiger partial charge on any atom is -0.383 e. The zero-order valence-electron chi connectivity index (χ0n) is 14.1. The van der Waals surface area contributed by atoms with E-state index in [4.69, 9.17) is 10.7 Å². The Kier molecular flexibility index (Phi) is 5.04. The largest absolute Gasteiger partial charge is 0.383 e. The van der Waals surface area contributed by atoms with Gasteiger partial charge in [0.1, 0.15) is 17.5 Å². The molecule has 0 amide bonds. The first kappa shape index (κ1) is 16.0. The number of nitrogens with two attached hydrogens (primary N) is 1. The number of likely N-dealkylation sites (N-methyl/N-ethyl adjacent to an activating group) is 1. The van der Waals surface area contributed by atoms with Crippen molar-refractivity contribution in [3.05, 3.63) is 11.4 Å². The standard InChI is InChI=1S/C16H29N5/c1-11(2)10-21(9-8-20(4)5)16-12(3)14(17)18-15(19-16)13-6-7-13/h11,13H,6-10H2,1-5H3,(H2,17,18,19). The maximum Gasteiger partial charge on any atom is 0.137 e. The van der Waals surface area contributed by atoms with Crippen LogP contribution in [0.2, 0.25) is 0 Å². The first-order valence-corrected chi connectivity index (χ1v) is 7.92. The molecule has 1 aromatic rings. The quantitative estimate of drug-likeness (QED) is 0.835. The molecule has 1 saturated carbocycles. The maximum absolute atomic E-state index is 6.12. The highest BCUT2D eigenvalue weighted by molar-refractivity contribution is 5.57. The van der Waals surface area contributed by atoms with Gasteiger partial charge in [-0.25, -0.2) is 9.97 Å². The molecule has 5 heteroatoms. The van der Waals surface area contributed by atoms with Crippen LogP contribution < -0.4 is 10.6 Å². The van der Waals surface area contributed by atoms with Gasteiger partial charge in [-0.3, -0.25) is 0 Å². The van der Waals surface area contributed by atoms with Gasteiger partial charge in [0.15, 0.2) is 0 Å². The van der Waals surface area contributed by atoms with Crippen molar-refractivity contribution in [3.63, 3.8) is 0 Å². The van der Waals surface area contributed by atoms with Crippen LogP contribution in [-0.2, 0) is 0 Å². The summed E-state index contributed by atoms with van der Waals surface area (Å²) in [5, 5.41) is 0. The maximum atomic E-state index is 6.12. The van der Waals surface area contributed by atoms with Crippen molar-refractivity contribution in [2.75, 3.05) is 44.4 Å². The number of nitrogen functional groups attached to an aromatic ring is 1. The normalized spacial score (nSPS) is 15.0. The fraction of sp³-hybridized carbons (Fsp3) is 0.750. The molecule has 2 N–H and O–H groups in total. The summed E-state index contributed by atoms with van der Waals surface area (Å²) in [6, 6.07) is 0. The number of hydrogen-bond donors (Lipinski definition) is 1. The smallest absolute Gasteiger partial charge is 0.137 e. The zero-order chi connectivity index (χ0) is 15.6. The van der Waals surface area contributed by atoms with E-state index < -0.39 is 0 Å².